The Labute approximate surface area is 247 Å². The van der Waals surface area contributed by atoms with E-state index in [1.165, 1.54) is 49.8 Å². The number of halogens is 1. The third-order valence-corrected chi connectivity index (χ3v) is 7.22. The second-order valence-electron chi connectivity index (χ2n) is 10.3. The standard InChI is InChI=1S/C31H33FN2O7S/c1-31(2,3)41-16-23(34-30(37)18-9-11-24(40-14-13-35)26(15-18)39-5)28(36)22-10-12-25(38-4)27(33-22)20-17-42-29-19(20)7-6-8-21(29)32/h6-12,15,17,23,35H,13-14,16H2,1-5H3,(H,34,37)/t23-/m0/s1. The molecule has 2 aromatic heterocycles. The molecular formula is C31H33FN2O7S. The average Bonchev–Trinajstić information content (AvgIpc) is 3.42. The summed E-state index contributed by atoms with van der Waals surface area (Å²) in [5.74, 6) is -0.282. The maximum atomic E-state index is 14.4. The molecule has 2 heterocycles. The maximum Gasteiger partial charge on any atom is 0.252 e. The van der Waals surface area contributed by atoms with Crippen molar-refractivity contribution >= 4 is 33.1 Å². The number of thiophene rings is 1. The molecule has 222 valence electrons. The van der Waals surface area contributed by atoms with E-state index < -0.39 is 23.3 Å². The Bertz CT molecular complexity index is 1580. The number of fused-ring (bicyclic) bond motifs is 1. The van der Waals surface area contributed by atoms with Crippen LogP contribution in [-0.2, 0) is 4.74 Å². The van der Waals surface area contributed by atoms with Crippen LogP contribution < -0.4 is 19.5 Å². The summed E-state index contributed by atoms with van der Waals surface area (Å²) >= 11 is 1.24. The van der Waals surface area contributed by atoms with Gasteiger partial charge in [-0.2, -0.15) is 0 Å². The van der Waals surface area contributed by atoms with Gasteiger partial charge in [-0.25, -0.2) is 9.37 Å². The number of benzene rings is 2. The number of ketones is 1. The lowest BCUT2D eigenvalue weighted by molar-refractivity contribution is -0.0114. The fraction of sp³-hybridized carbons (Fsp3) is 0.323. The van der Waals surface area contributed by atoms with Crippen molar-refractivity contribution in [3.05, 3.63) is 71.0 Å². The molecule has 0 saturated carbocycles. The summed E-state index contributed by atoms with van der Waals surface area (Å²) in [6.07, 6.45) is 0. The molecular weight excluding hydrogens is 563 g/mol. The molecule has 0 unspecified atom stereocenters. The molecule has 0 aliphatic heterocycles. The highest BCUT2D eigenvalue weighted by molar-refractivity contribution is 7.17. The fourth-order valence-corrected chi connectivity index (χ4v) is 5.13. The molecule has 0 bridgehead atoms. The highest BCUT2D eigenvalue weighted by Crippen LogP contribution is 2.38. The molecule has 4 rings (SSSR count). The number of aliphatic hydroxyl groups is 1. The summed E-state index contributed by atoms with van der Waals surface area (Å²) in [5.41, 5.74) is 0.728. The molecule has 0 fully saturated rings. The number of pyridine rings is 1. The fourth-order valence-electron chi connectivity index (χ4n) is 4.17. The van der Waals surface area contributed by atoms with Gasteiger partial charge in [-0.1, -0.05) is 12.1 Å². The van der Waals surface area contributed by atoms with E-state index in [9.17, 15) is 14.0 Å². The van der Waals surface area contributed by atoms with E-state index in [1.54, 1.807) is 29.6 Å². The van der Waals surface area contributed by atoms with Crippen molar-refractivity contribution < 1.29 is 38.0 Å². The van der Waals surface area contributed by atoms with Crippen molar-refractivity contribution in [1.82, 2.24) is 10.3 Å². The van der Waals surface area contributed by atoms with Gasteiger partial charge in [-0.3, -0.25) is 9.59 Å². The van der Waals surface area contributed by atoms with E-state index in [-0.39, 0.29) is 36.9 Å². The van der Waals surface area contributed by atoms with Crippen LogP contribution >= 0.6 is 11.3 Å². The van der Waals surface area contributed by atoms with Crippen LogP contribution in [0.15, 0.2) is 53.9 Å². The number of aliphatic hydroxyl groups excluding tert-OH is 1. The number of hydrogen-bond donors (Lipinski definition) is 2. The summed E-state index contributed by atoms with van der Waals surface area (Å²) in [4.78, 5) is 31.8. The Morgan fingerprint density at radius 1 is 1.05 bits per heavy atom. The van der Waals surface area contributed by atoms with Crippen molar-refractivity contribution in [3.63, 3.8) is 0 Å². The topological polar surface area (TPSA) is 116 Å². The Balaban J connectivity index is 1.67. The van der Waals surface area contributed by atoms with Gasteiger partial charge >= 0.3 is 0 Å². The number of carbonyl (C=O) groups is 2. The zero-order valence-corrected chi connectivity index (χ0v) is 24.8. The van der Waals surface area contributed by atoms with Gasteiger partial charge in [0.2, 0.25) is 5.78 Å². The Morgan fingerprint density at radius 2 is 1.79 bits per heavy atom. The van der Waals surface area contributed by atoms with E-state index >= 15 is 0 Å². The number of methoxy groups -OCH3 is 2. The summed E-state index contributed by atoms with van der Waals surface area (Å²) in [5, 5.41) is 14.2. The second kappa shape index (κ2) is 13.3. The van der Waals surface area contributed by atoms with Crippen LogP contribution in [0.2, 0.25) is 0 Å². The zero-order valence-electron chi connectivity index (χ0n) is 24.0. The van der Waals surface area contributed by atoms with Crippen molar-refractivity contribution in [2.75, 3.05) is 34.0 Å². The summed E-state index contributed by atoms with van der Waals surface area (Å²) in [7, 11) is 2.93. The quantitative estimate of drug-likeness (QED) is 0.212. The number of hydrogen-bond acceptors (Lipinski definition) is 9. The van der Waals surface area contributed by atoms with Crippen LogP contribution in [0, 0.1) is 5.82 Å². The van der Waals surface area contributed by atoms with Crippen molar-refractivity contribution in [2.45, 2.75) is 32.4 Å². The number of nitrogens with one attached hydrogen (secondary N) is 1. The Kier molecular flexibility index (Phi) is 9.77. The van der Waals surface area contributed by atoms with Gasteiger partial charge in [0.15, 0.2) is 11.5 Å². The Hall–Kier alpha value is -4.06. The first-order chi connectivity index (χ1) is 20.1. The van der Waals surface area contributed by atoms with E-state index in [2.05, 4.69) is 10.3 Å². The number of rotatable bonds is 12. The van der Waals surface area contributed by atoms with Crippen molar-refractivity contribution in [1.29, 1.82) is 0 Å². The largest absolute Gasteiger partial charge is 0.494 e. The van der Waals surface area contributed by atoms with Gasteiger partial charge < -0.3 is 29.4 Å². The van der Waals surface area contributed by atoms with E-state index in [1.807, 2.05) is 20.8 Å². The minimum absolute atomic E-state index is 0.0651. The number of nitrogens with zero attached hydrogens (tertiary/aromatic N) is 1. The van der Waals surface area contributed by atoms with E-state index in [0.717, 1.165) is 0 Å². The van der Waals surface area contributed by atoms with Crippen molar-refractivity contribution in [3.8, 4) is 28.5 Å². The Morgan fingerprint density at radius 3 is 2.48 bits per heavy atom. The first-order valence-electron chi connectivity index (χ1n) is 13.2. The molecule has 2 aromatic carbocycles. The molecule has 0 saturated heterocycles. The zero-order chi connectivity index (χ0) is 30.4. The highest BCUT2D eigenvalue weighted by Gasteiger charge is 2.28. The molecule has 4 aromatic rings. The first kappa shape index (κ1) is 30.9. The first-order valence-corrected chi connectivity index (χ1v) is 14.1. The third kappa shape index (κ3) is 7.04. The van der Waals surface area contributed by atoms with Crippen LogP contribution in [-0.4, -0.2) is 67.5 Å². The van der Waals surface area contributed by atoms with Gasteiger partial charge in [0, 0.05) is 21.9 Å². The number of carbonyl (C=O) groups excluding carboxylic acids is 2. The SMILES string of the molecule is COc1cc(C(=O)N[C@@H](COC(C)(C)C)C(=O)c2ccc(OC)c(-c3csc4c(F)cccc34)n2)ccc1OCCO. The summed E-state index contributed by atoms with van der Waals surface area (Å²) in [6, 6.07) is 11.4. The van der Waals surface area contributed by atoms with Gasteiger partial charge in [0.05, 0.1) is 37.7 Å². The molecule has 42 heavy (non-hydrogen) atoms. The van der Waals surface area contributed by atoms with Crippen LogP contribution in [0.5, 0.6) is 17.2 Å². The van der Waals surface area contributed by atoms with Crippen LogP contribution in [0.3, 0.4) is 0 Å². The molecule has 1 amide bonds. The normalized spacial score (nSPS) is 12.2. The molecule has 0 aliphatic carbocycles. The minimum atomic E-state index is -1.08. The number of Topliss-reactive ketones (excluding diaryl/α,β-unsaturated/α-hetero) is 1. The number of amides is 1. The molecule has 9 nitrogen and oxygen atoms in total. The molecule has 2 N–H and O–H groups in total. The molecule has 0 radical (unpaired) electrons. The smallest absolute Gasteiger partial charge is 0.252 e. The molecule has 0 aliphatic rings. The molecule has 0 spiro atoms. The van der Waals surface area contributed by atoms with Crippen LogP contribution in [0.1, 0.15) is 41.6 Å². The van der Waals surface area contributed by atoms with Crippen LogP contribution in [0.4, 0.5) is 4.39 Å². The van der Waals surface area contributed by atoms with Gasteiger partial charge in [0.25, 0.3) is 5.91 Å². The van der Waals surface area contributed by atoms with Crippen LogP contribution in [0.25, 0.3) is 21.3 Å². The lowest BCUT2D eigenvalue weighted by Crippen LogP contribution is -2.45. The van der Waals surface area contributed by atoms with Gasteiger partial charge in [0.1, 0.15) is 35.6 Å². The highest BCUT2D eigenvalue weighted by atomic mass is 32.1. The van der Waals surface area contributed by atoms with E-state index in [0.29, 0.717) is 38.6 Å². The predicted octanol–water partition coefficient (Wildman–Crippen LogP) is 5.29. The summed E-state index contributed by atoms with van der Waals surface area (Å²) < 4.78 is 37.1. The summed E-state index contributed by atoms with van der Waals surface area (Å²) in [6.45, 7) is 5.31. The van der Waals surface area contributed by atoms with E-state index in [4.69, 9.17) is 24.1 Å². The van der Waals surface area contributed by atoms with Crippen molar-refractivity contribution in [2.24, 2.45) is 0 Å². The number of aromatic nitrogens is 1. The molecule has 1 atom stereocenters. The van der Waals surface area contributed by atoms with Gasteiger partial charge in [-0.05, 0) is 57.2 Å². The lowest BCUT2D eigenvalue weighted by atomic mass is 10.0. The van der Waals surface area contributed by atoms with Gasteiger partial charge in [-0.15, -0.1) is 11.3 Å². The lowest BCUT2D eigenvalue weighted by Gasteiger charge is -2.24. The second-order valence-corrected chi connectivity index (χ2v) is 11.1. The third-order valence-electron chi connectivity index (χ3n) is 6.22. The average molecular weight is 597 g/mol. The number of ether oxygens (including phenoxy) is 4. The minimum Gasteiger partial charge on any atom is -0.494 e. The monoisotopic (exact) mass is 596 g/mol. The molecule has 11 heteroatoms. The predicted molar refractivity (Wildman–Crippen MR) is 158 cm³/mol. The maximum absolute atomic E-state index is 14.4.